The standard InChI is InChI=1S/C20H24N4O3S/c25-19(11-6-14-4-2-1-3-5-14)21-20-17-12-28-13-18(17)22-23(20)15-7-9-16(10-8-15)24(26)27/h7-10,14H,1-6,11-13H2,(H,21,25). The van der Waals surface area contributed by atoms with Crippen LogP contribution in [0.2, 0.25) is 0 Å². The third-order valence-corrected chi connectivity index (χ3v) is 6.59. The van der Waals surface area contributed by atoms with E-state index in [4.69, 9.17) is 0 Å². The Labute approximate surface area is 168 Å². The second kappa shape index (κ2) is 8.34. The van der Waals surface area contributed by atoms with Gasteiger partial charge in [0.2, 0.25) is 5.91 Å². The summed E-state index contributed by atoms with van der Waals surface area (Å²) in [4.78, 5) is 23.1. The van der Waals surface area contributed by atoms with E-state index in [-0.39, 0.29) is 11.6 Å². The summed E-state index contributed by atoms with van der Waals surface area (Å²) < 4.78 is 1.71. The minimum Gasteiger partial charge on any atom is -0.310 e. The van der Waals surface area contributed by atoms with Crippen molar-refractivity contribution in [1.82, 2.24) is 9.78 Å². The molecule has 2 aromatic rings. The van der Waals surface area contributed by atoms with Crippen LogP contribution in [0.4, 0.5) is 11.5 Å². The molecular formula is C20H24N4O3S. The number of nitro groups is 1. The van der Waals surface area contributed by atoms with Crippen LogP contribution in [-0.2, 0) is 16.3 Å². The van der Waals surface area contributed by atoms with Crippen molar-refractivity contribution in [2.45, 2.75) is 56.5 Å². The number of amides is 1. The normalized spacial score (nSPS) is 16.7. The van der Waals surface area contributed by atoms with Gasteiger partial charge in [-0.05, 0) is 24.5 Å². The number of hydrogen-bond acceptors (Lipinski definition) is 5. The van der Waals surface area contributed by atoms with Gasteiger partial charge in [-0.15, -0.1) is 0 Å². The number of anilines is 1. The number of nitrogens with zero attached hydrogens (tertiary/aromatic N) is 3. The molecule has 2 aliphatic rings. The fourth-order valence-corrected chi connectivity index (χ4v) is 5.08. The number of carbonyl (C=O) groups is 1. The highest BCUT2D eigenvalue weighted by Crippen LogP contribution is 2.36. The summed E-state index contributed by atoms with van der Waals surface area (Å²) >= 11 is 1.78. The number of nitrogens with one attached hydrogen (secondary N) is 1. The first-order valence-corrected chi connectivity index (χ1v) is 11.0. The molecule has 0 radical (unpaired) electrons. The summed E-state index contributed by atoms with van der Waals surface area (Å²) in [6, 6.07) is 6.27. The molecule has 1 amide bonds. The first-order chi connectivity index (χ1) is 13.6. The van der Waals surface area contributed by atoms with Crippen LogP contribution in [-0.4, -0.2) is 20.6 Å². The summed E-state index contributed by atoms with van der Waals surface area (Å²) in [5, 5.41) is 18.6. The molecule has 28 heavy (non-hydrogen) atoms. The van der Waals surface area contributed by atoms with Crippen LogP contribution in [0, 0.1) is 16.0 Å². The van der Waals surface area contributed by atoms with E-state index in [1.807, 2.05) is 0 Å². The average Bonchev–Trinajstić information content (AvgIpc) is 3.30. The van der Waals surface area contributed by atoms with Gasteiger partial charge in [0.15, 0.2) is 0 Å². The lowest BCUT2D eigenvalue weighted by Gasteiger charge is -2.21. The molecule has 0 unspecified atom stereocenters. The highest BCUT2D eigenvalue weighted by molar-refractivity contribution is 7.98. The zero-order valence-electron chi connectivity index (χ0n) is 15.7. The zero-order valence-corrected chi connectivity index (χ0v) is 16.5. The number of hydrogen-bond donors (Lipinski definition) is 1. The molecule has 1 aliphatic heterocycles. The molecule has 7 nitrogen and oxygen atoms in total. The highest BCUT2D eigenvalue weighted by Gasteiger charge is 2.25. The molecule has 148 valence electrons. The predicted octanol–water partition coefficient (Wildman–Crippen LogP) is 4.83. The van der Waals surface area contributed by atoms with E-state index in [1.165, 1.54) is 44.2 Å². The number of carbonyl (C=O) groups excluding carboxylic acids is 1. The Hall–Kier alpha value is -2.35. The molecule has 1 aliphatic carbocycles. The van der Waals surface area contributed by atoms with Crippen molar-refractivity contribution in [2.75, 3.05) is 5.32 Å². The van der Waals surface area contributed by atoms with Crippen LogP contribution >= 0.6 is 11.8 Å². The van der Waals surface area contributed by atoms with Crippen molar-refractivity contribution in [3.63, 3.8) is 0 Å². The van der Waals surface area contributed by atoms with Gasteiger partial charge < -0.3 is 5.32 Å². The van der Waals surface area contributed by atoms with E-state index in [1.54, 1.807) is 28.6 Å². The van der Waals surface area contributed by atoms with Crippen molar-refractivity contribution in [3.8, 4) is 5.69 Å². The van der Waals surface area contributed by atoms with E-state index in [0.717, 1.165) is 29.2 Å². The number of benzene rings is 1. The Morgan fingerprint density at radius 1 is 1.21 bits per heavy atom. The summed E-state index contributed by atoms with van der Waals surface area (Å²) in [5.41, 5.74) is 2.80. The van der Waals surface area contributed by atoms with Crippen molar-refractivity contribution >= 4 is 29.2 Å². The average molecular weight is 401 g/mol. The molecule has 1 aromatic heterocycles. The van der Waals surface area contributed by atoms with Crippen LogP contribution in [0.1, 0.15) is 56.2 Å². The lowest BCUT2D eigenvalue weighted by atomic mass is 9.86. The van der Waals surface area contributed by atoms with Gasteiger partial charge in [0, 0.05) is 35.6 Å². The smallest absolute Gasteiger partial charge is 0.269 e. The van der Waals surface area contributed by atoms with Gasteiger partial charge in [0.25, 0.3) is 5.69 Å². The third-order valence-electron chi connectivity index (χ3n) is 5.62. The molecule has 2 heterocycles. The number of thioether (sulfide) groups is 1. The molecule has 0 bridgehead atoms. The topological polar surface area (TPSA) is 90.1 Å². The maximum absolute atomic E-state index is 12.6. The monoisotopic (exact) mass is 400 g/mol. The number of nitro benzene ring substituents is 1. The highest BCUT2D eigenvalue weighted by atomic mass is 32.2. The summed E-state index contributed by atoms with van der Waals surface area (Å²) in [6.45, 7) is 0. The summed E-state index contributed by atoms with van der Waals surface area (Å²) in [5.74, 6) is 3.04. The number of fused-ring (bicyclic) bond motifs is 1. The lowest BCUT2D eigenvalue weighted by Crippen LogP contribution is -2.17. The predicted molar refractivity (Wildman–Crippen MR) is 110 cm³/mol. The van der Waals surface area contributed by atoms with Crippen molar-refractivity contribution in [1.29, 1.82) is 0 Å². The largest absolute Gasteiger partial charge is 0.310 e. The fraction of sp³-hybridized carbons (Fsp3) is 0.500. The Balaban J connectivity index is 1.51. The van der Waals surface area contributed by atoms with Crippen LogP contribution in [0.3, 0.4) is 0 Å². The molecule has 4 rings (SSSR count). The number of aromatic nitrogens is 2. The second-order valence-electron chi connectivity index (χ2n) is 7.54. The number of rotatable bonds is 6. The fourth-order valence-electron chi connectivity index (χ4n) is 4.05. The van der Waals surface area contributed by atoms with E-state index in [2.05, 4.69) is 10.4 Å². The second-order valence-corrected chi connectivity index (χ2v) is 8.53. The van der Waals surface area contributed by atoms with Crippen LogP contribution in [0.25, 0.3) is 5.69 Å². The molecule has 0 spiro atoms. The lowest BCUT2D eigenvalue weighted by molar-refractivity contribution is -0.384. The van der Waals surface area contributed by atoms with Gasteiger partial charge >= 0.3 is 0 Å². The molecule has 0 atom stereocenters. The molecular weight excluding hydrogens is 376 g/mol. The van der Waals surface area contributed by atoms with Gasteiger partial charge in [0.1, 0.15) is 5.82 Å². The molecule has 8 heteroatoms. The van der Waals surface area contributed by atoms with E-state index >= 15 is 0 Å². The van der Waals surface area contributed by atoms with E-state index in [9.17, 15) is 14.9 Å². The van der Waals surface area contributed by atoms with Gasteiger partial charge in [-0.2, -0.15) is 16.9 Å². The quantitative estimate of drug-likeness (QED) is 0.554. The molecule has 1 aromatic carbocycles. The molecule has 1 fully saturated rings. The maximum Gasteiger partial charge on any atom is 0.269 e. The molecule has 1 N–H and O–H groups in total. The van der Waals surface area contributed by atoms with Crippen LogP contribution in [0.15, 0.2) is 24.3 Å². The minimum atomic E-state index is -0.419. The Morgan fingerprint density at radius 2 is 1.96 bits per heavy atom. The van der Waals surface area contributed by atoms with E-state index < -0.39 is 4.92 Å². The Kier molecular flexibility index (Phi) is 5.66. The minimum absolute atomic E-state index is 0.0216. The Bertz CT molecular complexity index is 872. The molecule has 0 saturated heterocycles. The van der Waals surface area contributed by atoms with Crippen LogP contribution in [0.5, 0.6) is 0 Å². The molecule has 1 saturated carbocycles. The van der Waals surface area contributed by atoms with Gasteiger partial charge in [-0.1, -0.05) is 32.1 Å². The van der Waals surface area contributed by atoms with Gasteiger partial charge in [0.05, 0.1) is 16.3 Å². The van der Waals surface area contributed by atoms with Crippen LogP contribution < -0.4 is 5.32 Å². The van der Waals surface area contributed by atoms with Crippen molar-refractivity contribution < 1.29 is 9.72 Å². The van der Waals surface area contributed by atoms with Gasteiger partial charge in [-0.25, -0.2) is 4.68 Å². The van der Waals surface area contributed by atoms with E-state index in [0.29, 0.717) is 23.8 Å². The van der Waals surface area contributed by atoms with Crippen molar-refractivity contribution in [2.24, 2.45) is 5.92 Å². The Morgan fingerprint density at radius 3 is 2.68 bits per heavy atom. The summed E-state index contributed by atoms with van der Waals surface area (Å²) in [6.07, 6.45) is 7.82. The first-order valence-electron chi connectivity index (χ1n) is 9.85. The summed E-state index contributed by atoms with van der Waals surface area (Å²) in [7, 11) is 0. The first kappa shape index (κ1) is 19.0. The SMILES string of the molecule is O=C(CCC1CCCCC1)Nc1c2c(nn1-c1ccc([N+](=O)[O-])cc1)CSC2. The third kappa shape index (κ3) is 4.06. The maximum atomic E-state index is 12.6. The van der Waals surface area contributed by atoms with Gasteiger partial charge in [-0.3, -0.25) is 14.9 Å². The zero-order chi connectivity index (χ0) is 19.5. The number of non-ortho nitro benzene ring substituents is 1. The van der Waals surface area contributed by atoms with Crippen molar-refractivity contribution in [3.05, 3.63) is 45.6 Å².